The summed E-state index contributed by atoms with van der Waals surface area (Å²) in [6, 6.07) is 0. The Kier molecular flexibility index (Phi) is 8.71. The third-order valence-electron chi connectivity index (χ3n) is 3.37. The fourth-order valence-corrected chi connectivity index (χ4v) is 3.60. The van der Waals surface area contributed by atoms with Gasteiger partial charge in [0.05, 0.1) is 6.61 Å². The molecule has 1 rings (SSSR count). The first-order valence-electron chi connectivity index (χ1n) is 7.53. The molecule has 0 bridgehead atoms. The lowest BCUT2D eigenvalue weighted by molar-refractivity contribution is -0.120. The van der Waals surface area contributed by atoms with Gasteiger partial charge in [0.15, 0.2) is 0 Å². The molecule has 1 aliphatic rings. The van der Waals surface area contributed by atoms with Crippen molar-refractivity contribution in [1.29, 1.82) is 0 Å². The van der Waals surface area contributed by atoms with Crippen LogP contribution in [0.1, 0.15) is 65.2 Å². The minimum atomic E-state index is 0.323. The highest BCUT2D eigenvalue weighted by Crippen LogP contribution is 2.34. The summed E-state index contributed by atoms with van der Waals surface area (Å²) >= 11 is 6.78. The van der Waals surface area contributed by atoms with Gasteiger partial charge in [-0.25, -0.2) is 0 Å². The van der Waals surface area contributed by atoms with E-state index in [-0.39, 0.29) is 0 Å². The number of ketones is 1. The van der Waals surface area contributed by atoms with Crippen LogP contribution in [0.2, 0.25) is 0 Å². The van der Waals surface area contributed by atoms with Gasteiger partial charge in [0.1, 0.15) is 5.78 Å². The second-order valence-electron chi connectivity index (χ2n) is 5.22. The van der Waals surface area contributed by atoms with Gasteiger partial charge in [-0.05, 0) is 38.4 Å². The molecular formula is C15H26O2S2. The number of unbranched alkanes of at least 4 members (excludes halogenated alkanes) is 3. The number of thiocarbonyl (C=S) groups is 1. The Morgan fingerprint density at radius 2 is 2.05 bits per heavy atom. The molecule has 0 aromatic carbocycles. The molecule has 1 fully saturated rings. The molecule has 0 amide bonds. The smallest absolute Gasteiger partial charge is 0.220 e. The highest BCUT2D eigenvalue weighted by Gasteiger charge is 2.31. The van der Waals surface area contributed by atoms with E-state index in [9.17, 15) is 4.79 Å². The summed E-state index contributed by atoms with van der Waals surface area (Å²) in [4.78, 5) is 11.9. The Bertz CT molecular complexity index is 288. The molecule has 0 aromatic heterocycles. The molecule has 0 aliphatic heterocycles. The summed E-state index contributed by atoms with van der Waals surface area (Å²) in [5, 5.41) is 0.323. The molecule has 1 unspecified atom stereocenters. The van der Waals surface area contributed by atoms with E-state index in [4.69, 9.17) is 17.0 Å². The second kappa shape index (κ2) is 9.76. The average molecular weight is 303 g/mol. The SMILES string of the molecule is CCCCCCC(CC(=O)C1CC1)SC(=S)OCC. The first kappa shape index (κ1) is 17.0. The maximum absolute atomic E-state index is 11.9. The minimum Gasteiger partial charge on any atom is -0.479 e. The normalized spacial score (nSPS) is 16.1. The van der Waals surface area contributed by atoms with Crippen LogP contribution in [0.3, 0.4) is 0 Å². The van der Waals surface area contributed by atoms with Gasteiger partial charge in [-0.2, -0.15) is 0 Å². The van der Waals surface area contributed by atoms with Crippen molar-refractivity contribution in [2.45, 2.75) is 70.5 Å². The van der Waals surface area contributed by atoms with Crippen LogP contribution >= 0.6 is 24.0 Å². The third kappa shape index (κ3) is 7.93. The topological polar surface area (TPSA) is 26.3 Å². The molecule has 0 radical (unpaired) electrons. The van der Waals surface area contributed by atoms with Crippen molar-refractivity contribution in [3.05, 3.63) is 0 Å². The van der Waals surface area contributed by atoms with Gasteiger partial charge in [-0.3, -0.25) is 4.79 Å². The van der Waals surface area contributed by atoms with Gasteiger partial charge >= 0.3 is 0 Å². The second-order valence-corrected chi connectivity index (χ2v) is 7.12. The van der Waals surface area contributed by atoms with Crippen molar-refractivity contribution in [2.75, 3.05) is 6.61 Å². The van der Waals surface area contributed by atoms with Crippen LogP contribution in [0.15, 0.2) is 0 Å². The summed E-state index contributed by atoms with van der Waals surface area (Å²) in [5.74, 6) is 0.798. The zero-order valence-corrected chi connectivity index (χ0v) is 13.8. The molecular weight excluding hydrogens is 276 g/mol. The highest BCUT2D eigenvalue weighted by atomic mass is 32.2. The van der Waals surface area contributed by atoms with Gasteiger partial charge < -0.3 is 4.74 Å². The molecule has 1 atom stereocenters. The van der Waals surface area contributed by atoms with Crippen molar-refractivity contribution < 1.29 is 9.53 Å². The lowest BCUT2D eigenvalue weighted by Crippen LogP contribution is -2.15. The number of carbonyl (C=O) groups excluding carboxylic acids is 1. The molecule has 4 heteroatoms. The number of carbonyl (C=O) groups is 1. The zero-order chi connectivity index (χ0) is 14.1. The fraction of sp³-hybridized carbons (Fsp3) is 0.867. The molecule has 1 aliphatic carbocycles. The van der Waals surface area contributed by atoms with Crippen LogP contribution in [0.5, 0.6) is 0 Å². The van der Waals surface area contributed by atoms with Gasteiger partial charge in [0.25, 0.3) is 0 Å². The van der Waals surface area contributed by atoms with Crippen molar-refractivity contribution >= 4 is 34.1 Å². The van der Waals surface area contributed by atoms with Gasteiger partial charge in [0.2, 0.25) is 4.38 Å². The quantitative estimate of drug-likeness (QED) is 0.430. The van der Waals surface area contributed by atoms with Crippen molar-refractivity contribution in [1.82, 2.24) is 0 Å². The Morgan fingerprint density at radius 3 is 2.63 bits per heavy atom. The summed E-state index contributed by atoms with van der Waals surface area (Å²) < 4.78 is 5.94. The first-order valence-corrected chi connectivity index (χ1v) is 8.82. The Hall–Kier alpha value is -0.0900. The number of hydrogen-bond acceptors (Lipinski definition) is 4. The van der Waals surface area contributed by atoms with E-state index in [0.29, 0.717) is 34.4 Å². The third-order valence-corrected chi connectivity index (χ3v) is 4.82. The summed E-state index contributed by atoms with van der Waals surface area (Å²) in [7, 11) is 0. The predicted molar refractivity (Wildman–Crippen MR) is 86.7 cm³/mol. The molecule has 19 heavy (non-hydrogen) atoms. The molecule has 0 spiro atoms. The number of ether oxygens (including phenoxy) is 1. The fourth-order valence-electron chi connectivity index (χ4n) is 2.09. The van der Waals surface area contributed by atoms with Crippen LogP contribution in [0.25, 0.3) is 0 Å². The van der Waals surface area contributed by atoms with Crippen LogP contribution < -0.4 is 0 Å². The highest BCUT2D eigenvalue weighted by molar-refractivity contribution is 8.23. The molecule has 2 nitrogen and oxygen atoms in total. The maximum Gasteiger partial charge on any atom is 0.220 e. The molecule has 0 heterocycles. The van der Waals surface area contributed by atoms with E-state index in [1.807, 2.05) is 6.92 Å². The Balaban J connectivity index is 2.32. The van der Waals surface area contributed by atoms with E-state index < -0.39 is 0 Å². The van der Waals surface area contributed by atoms with Crippen LogP contribution in [-0.2, 0) is 9.53 Å². The molecule has 110 valence electrons. The summed E-state index contributed by atoms with van der Waals surface area (Å²) in [6.45, 7) is 4.77. The molecule has 0 aromatic rings. The zero-order valence-electron chi connectivity index (χ0n) is 12.2. The predicted octanol–water partition coefficient (Wildman–Crippen LogP) is 4.75. The van der Waals surface area contributed by atoms with E-state index in [0.717, 1.165) is 19.3 Å². The van der Waals surface area contributed by atoms with Crippen LogP contribution in [-0.4, -0.2) is 22.0 Å². The van der Waals surface area contributed by atoms with Crippen molar-refractivity contribution in [2.24, 2.45) is 5.92 Å². The summed E-state index contributed by atoms with van der Waals surface area (Å²) in [6.07, 6.45) is 8.93. The van der Waals surface area contributed by atoms with E-state index in [1.54, 1.807) is 11.8 Å². The monoisotopic (exact) mass is 302 g/mol. The van der Waals surface area contributed by atoms with Gasteiger partial charge in [0, 0.05) is 17.6 Å². The van der Waals surface area contributed by atoms with E-state index >= 15 is 0 Å². The van der Waals surface area contributed by atoms with Gasteiger partial charge in [-0.1, -0.05) is 44.4 Å². The first-order chi connectivity index (χ1) is 9.17. The average Bonchev–Trinajstić information content (AvgIpc) is 3.18. The van der Waals surface area contributed by atoms with E-state index in [1.165, 1.54) is 25.7 Å². The number of hydrogen-bond donors (Lipinski definition) is 0. The molecule has 0 N–H and O–H groups in total. The number of rotatable bonds is 10. The lowest BCUT2D eigenvalue weighted by atomic mass is 10.1. The van der Waals surface area contributed by atoms with Gasteiger partial charge in [-0.15, -0.1) is 0 Å². The lowest BCUT2D eigenvalue weighted by Gasteiger charge is -2.16. The van der Waals surface area contributed by atoms with E-state index in [2.05, 4.69) is 6.92 Å². The largest absolute Gasteiger partial charge is 0.479 e. The number of thioether (sulfide) groups is 1. The van der Waals surface area contributed by atoms with Crippen molar-refractivity contribution in [3.63, 3.8) is 0 Å². The Morgan fingerprint density at radius 1 is 1.32 bits per heavy atom. The maximum atomic E-state index is 11.9. The molecule has 0 saturated heterocycles. The Labute approximate surface area is 127 Å². The number of Topliss-reactive ketones (excluding diaryl/α,β-unsaturated/α-hetero) is 1. The standard InChI is InChI=1S/C15H26O2S2/c1-3-5-6-7-8-13(19-15(18)17-4-2)11-14(16)12-9-10-12/h12-13H,3-11H2,1-2H3. The van der Waals surface area contributed by atoms with Crippen LogP contribution in [0, 0.1) is 5.92 Å². The van der Waals surface area contributed by atoms with Crippen molar-refractivity contribution in [3.8, 4) is 0 Å². The van der Waals surface area contributed by atoms with Crippen LogP contribution in [0.4, 0.5) is 0 Å². The molecule has 1 saturated carbocycles. The minimum absolute atomic E-state index is 0.323. The summed E-state index contributed by atoms with van der Waals surface area (Å²) in [5.41, 5.74) is 0.